The minimum absolute atomic E-state index is 0.0752. The summed E-state index contributed by atoms with van der Waals surface area (Å²) in [6.07, 6.45) is 0. The third-order valence-corrected chi connectivity index (χ3v) is 4.32. The Kier molecular flexibility index (Phi) is 4.95. The molecule has 0 aliphatic carbocycles. The van der Waals surface area contributed by atoms with Crippen LogP contribution in [0.2, 0.25) is 0 Å². The summed E-state index contributed by atoms with van der Waals surface area (Å²) >= 11 is 1.46. The lowest BCUT2D eigenvalue weighted by Gasteiger charge is -2.22. The van der Waals surface area contributed by atoms with Crippen molar-refractivity contribution in [3.8, 4) is 0 Å². The molecule has 0 unspecified atom stereocenters. The van der Waals surface area contributed by atoms with Gasteiger partial charge in [0.1, 0.15) is 0 Å². The highest BCUT2D eigenvalue weighted by Crippen LogP contribution is 2.15. The lowest BCUT2D eigenvalue weighted by Crippen LogP contribution is -2.42. The molecule has 114 valence electrons. The van der Waals surface area contributed by atoms with Crippen molar-refractivity contribution in [2.75, 3.05) is 33.2 Å². The van der Waals surface area contributed by atoms with Gasteiger partial charge >= 0.3 is 0 Å². The quantitative estimate of drug-likeness (QED) is 0.860. The van der Waals surface area contributed by atoms with Crippen molar-refractivity contribution in [1.29, 1.82) is 0 Å². The van der Waals surface area contributed by atoms with Crippen LogP contribution in [0.15, 0.2) is 16.8 Å². The van der Waals surface area contributed by atoms with Gasteiger partial charge in [-0.25, -0.2) is 0 Å². The van der Waals surface area contributed by atoms with Crippen LogP contribution in [0.25, 0.3) is 0 Å². The second-order valence-electron chi connectivity index (χ2n) is 5.04. The van der Waals surface area contributed by atoms with Gasteiger partial charge in [0.2, 0.25) is 11.8 Å². The van der Waals surface area contributed by atoms with Gasteiger partial charge in [-0.15, -0.1) is 0 Å². The number of nitrogens with one attached hydrogen (secondary N) is 1. The van der Waals surface area contributed by atoms with Crippen LogP contribution < -0.4 is 5.32 Å². The summed E-state index contributed by atoms with van der Waals surface area (Å²) < 4.78 is 0. The van der Waals surface area contributed by atoms with Gasteiger partial charge in [0, 0.05) is 45.5 Å². The van der Waals surface area contributed by atoms with Crippen LogP contribution >= 0.6 is 11.3 Å². The SMILES string of the molecule is CNC(=O)[C@@H]1CN(C(C)=O)CCN(C(=O)c2ccsc2)C1. The van der Waals surface area contributed by atoms with Gasteiger partial charge in [-0.3, -0.25) is 14.4 Å². The van der Waals surface area contributed by atoms with Crippen LogP contribution in [0.5, 0.6) is 0 Å². The van der Waals surface area contributed by atoms with Crippen molar-refractivity contribution < 1.29 is 14.4 Å². The molecule has 1 aliphatic rings. The Morgan fingerprint density at radius 3 is 2.48 bits per heavy atom. The average molecular weight is 309 g/mol. The predicted octanol–water partition coefficient (Wildman–Crippen LogP) is 0.415. The highest BCUT2D eigenvalue weighted by molar-refractivity contribution is 7.08. The fraction of sp³-hybridized carbons (Fsp3) is 0.500. The monoisotopic (exact) mass is 309 g/mol. The summed E-state index contributed by atoms with van der Waals surface area (Å²) in [4.78, 5) is 39.3. The Hall–Kier alpha value is -1.89. The van der Waals surface area contributed by atoms with Crippen LogP contribution in [-0.2, 0) is 9.59 Å². The summed E-state index contributed by atoms with van der Waals surface area (Å²) in [5, 5.41) is 6.25. The Labute approximate surface area is 127 Å². The molecule has 1 fully saturated rings. The molecule has 0 spiro atoms. The number of nitrogens with zero attached hydrogens (tertiary/aromatic N) is 2. The largest absolute Gasteiger partial charge is 0.359 e. The number of hydrogen-bond acceptors (Lipinski definition) is 4. The van der Waals surface area contributed by atoms with E-state index >= 15 is 0 Å². The van der Waals surface area contributed by atoms with E-state index in [-0.39, 0.29) is 17.7 Å². The van der Waals surface area contributed by atoms with Crippen LogP contribution in [0.4, 0.5) is 0 Å². The Bertz CT molecular complexity index is 530. The Morgan fingerprint density at radius 2 is 1.90 bits per heavy atom. The molecule has 0 bridgehead atoms. The third-order valence-electron chi connectivity index (χ3n) is 3.64. The molecule has 2 rings (SSSR count). The van der Waals surface area contributed by atoms with Gasteiger partial charge in [0.25, 0.3) is 5.91 Å². The first-order valence-electron chi connectivity index (χ1n) is 6.81. The third kappa shape index (κ3) is 3.60. The number of rotatable bonds is 2. The number of hydrogen-bond donors (Lipinski definition) is 1. The van der Waals surface area contributed by atoms with E-state index in [1.54, 1.807) is 28.3 Å². The van der Waals surface area contributed by atoms with Crippen molar-refractivity contribution in [1.82, 2.24) is 15.1 Å². The van der Waals surface area contributed by atoms with Crippen LogP contribution in [0.1, 0.15) is 17.3 Å². The van der Waals surface area contributed by atoms with Gasteiger partial charge in [-0.2, -0.15) is 11.3 Å². The fourth-order valence-corrected chi connectivity index (χ4v) is 3.05. The summed E-state index contributed by atoms with van der Waals surface area (Å²) in [6.45, 7) is 3.07. The minimum Gasteiger partial charge on any atom is -0.359 e. The van der Waals surface area contributed by atoms with E-state index in [4.69, 9.17) is 0 Å². The molecular weight excluding hydrogens is 290 g/mol. The molecule has 6 nitrogen and oxygen atoms in total. The molecule has 3 amide bonds. The predicted molar refractivity (Wildman–Crippen MR) is 80.0 cm³/mol. The zero-order chi connectivity index (χ0) is 15.4. The summed E-state index contributed by atoms with van der Waals surface area (Å²) in [7, 11) is 1.57. The van der Waals surface area contributed by atoms with E-state index in [1.165, 1.54) is 18.3 Å². The van der Waals surface area contributed by atoms with E-state index < -0.39 is 5.92 Å². The maximum atomic E-state index is 12.4. The van der Waals surface area contributed by atoms with E-state index in [9.17, 15) is 14.4 Å². The average Bonchev–Trinajstić information content (AvgIpc) is 2.91. The maximum Gasteiger partial charge on any atom is 0.254 e. The second kappa shape index (κ2) is 6.71. The number of carbonyl (C=O) groups is 3. The number of amides is 3. The molecule has 21 heavy (non-hydrogen) atoms. The van der Waals surface area contributed by atoms with Gasteiger partial charge in [-0.1, -0.05) is 0 Å². The van der Waals surface area contributed by atoms with E-state index in [1.807, 2.05) is 5.38 Å². The van der Waals surface area contributed by atoms with Crippen molar-refractivity contribution >= 4 is 29.1 Å². The smallest absolute Gasteiger partial charge is 0.254 e. The number of thiophene rings is 1. The van der Waals surface area contributed by atoms with E-state index in [0.717, 1.165) is 0 Å². The van der Waals surface area contributed by atoms with Gasteiger partial charge < -0.3 is 15.1 Å². The van der Waals surface area contributed by atoms with E-state index in [0.29, 0.717) is 31.7 Å². The zero-order valence-electron chi connectivity index (χ0n) is 12.2. The van der Waals surface area contributed by atoms with E-state index in [2.05, 4.69) is 5.32 Å². The van der Waals surface area contributed by atoms with Crippen LogP contribution in [0, 0.1) is 5.92 Å². The highest BCUT2D eigenvalue weighted by atomic mass is 32.1. The molecule has 1 aromatic heterocycles. The molecule has 7 heteroatoms. The molecule has 0 radical (unpaired) electrons. The van der Waals surface area contributed by atoms with Gasteiger partial charge in [0.05, 0.1) is 11.5 Å². The number of carbonyl (C=O) groups excluding carboxylic acids is 3. The van der Waals surface area contributed by atoms with Crippen molar-refractivity contribution in [3.63, 3.8) is 0 Å². The summed E-state index contributed by atoms with van der Waals surface area (Å²) in [5.41, 5.74) is 0.631. The van der Waals surface area contributed by atoms with Gasteiger partial charge in [-0.05, 0) is 11.4 Å². The van der Waals surface area contributed by atoms with Crippen molar-refractivity contribution in [2.24, 2.45) is 5.92 Å². The van der Waals surface area contributed by atoms with Crippen molar-refractivity contribution in [3.05, 3.63) is 22.4 Å². The van der Waals surface area contributed by atoms with Crippen LogP contribution in [-0.4, -0.2) is 60.7 Å². The fourth-order valence-electron chi connectivity index (χ4n) is 2.42. The lowest BCUT2D eigenvalue weighted by molar-refractivity contribution is -0.130. The normalized spacial score (nSPS) is 19.0. The Morgan fingerprint density at radius 1 is 1.24 bits per heavy atom. The molecule has 0 saturated carbocycles. The molecule has 2 heterocycles. The summed E-state index contributed by atoms with van der Waals surface area (Å²) in [5.74, 6) is -0.709. The zero-order valence-corrected chi connectivity index (χ0v) is 13.0. The molecule has 1 saturated heterocycles. The first-order valence-corrected chi connectivity index (χ1v) is 7.75. The molecule has 1 N–H and O–H groups in total. The van der Waals surface area contributed by atoms with Crippen LogP contribution in [0.3, 0.4) is 0 Å². The summed E-state index contributed by atoms with van der Waals surface area (Å²) in [6, 6.07) is 1.77. The first kappa shape index (κ1) is 15.5. The second-order valence-corrected chi connectivity index (χ2v) is 5.82. The molecule has 1 atom stereocenters. The Balaban J connectivity index is 2.17. The standard InChI is InChI=1S/C14H19N3O3S/c1-10(18)16-4-5-17(8-12(7-16)13(19)15-2)14(20)11-3-6-21-9-11/h3,6,9,12H,4-5,7-8H2,1-2H3,(H,15,19)/t12-/m1/s1. The minimum atomic E-state index is -0.399. The molecular formula is C14H19N3O3S. The molecule has 1 aliphatic heterocycles. The highest BCUT2D eigenvalue weighted by Gasteiger charge is 2.30. The van der Waals surface area contributed by atoms with Crippen molar-refractivity contribution in [2.45, 2.75) is 6.92 Å². The first-order chi connectivity index (χ1) is 10.0. The maximum absolute atomic E-state index is 12.4. The topological polar surface area (TPSA) is 69.7 Å². The lowest BCUT2D eigenvalue weighted by atomic mass is 10.1. The molecule has 1 aromatic rings. The molecule has 0 aromatic carbocycles. The van der Waals surface area contributed by atoms with Gasteiger partial charge in [0.15, 0.2) is 0 Å².